The molecule has 0 spiro atoms. The van der Waals surface area contributed by atoms with Crippen LogP contribution in [0.5, 0.6) is 0 Å². The smallest absolute Gasteiger partial charge is 0.310 e. The number of ether oxygens (including phenoxy) is 1. The zero-order valence-electron chi connectivity index (χ0n) is 10.5. The normalized spacial score (nSPS) is 37.4. The molecule has 92 valence electrons. The zero-order chi connectivity index (χ0) is 11.9. The van der Waals surface area contributed by atoms with Crippen LogP contribution in [0.1, 0.15) is 33.1 Å². The molecule has 4 unspecified atom stereocenters. The molecule has 3 saturated carbocycles. The maximum absolute atomic E-state index is 11.7. The van der Waals surface area contributed by atoms with Crippen LogP contribution in [0.25, 0.3) is 0 Å². The number of carbonyl (C=O) groups is 1. The van der Waals surface area contributed by atoms with E-state index < -0.39 is 0 Å². The Bertz CT molecular complexity index is 286. The summed E-state index contributed by atoms with van der Waals surface area (Å²) in [5.41, 5.74) is 6.15. The number of hydrogen-bond donors (Lipinski definition) is 1. The van der Waals surface area contributed by atoms with E-state index in [1.807, 2.05) is 0 Å². The van der Waals surface area contributed by atoms with Gasteiger partial charge < -0.3 is 10.5 Å². The summed E-state index contributed by atoms with van der Waals surface area (Å²) in [6.45, 7) is 5.10. The second-order valence-electron chi connectivity index (χ2n) is 5.97. The Morgan fingerprint density at radius 1 is 1.50 bits per heavy atom. The van der Waals surface area contributed by atoms with Gasteiger partial charge >= 0.3 is 5.97 Å². The highest BCUT2D eigenvalue weighted by molar-refractivity contribution is 5.73. The van der Waals surface area contributed by atoms with Crippen LogP contribution < -0.4 is 5.73 Å². The molecule has 4 atom stereocenters. The molecule has 3 aliphatic rings. The largest absolute Gasteiger partial charge is 0.469 e. The van der Waals surface area contributed by atoms with Crippen molar-refractivity contribution in [3.8, 4) is 0 Å². The number of hydrogen-bond acceptors (Lipinski definition) is 3. The van der Waals surface area contributed by atoms with E-state index in [4.69, 9.17) is 10.5 Å². The first-order valence-electron chi connectivity index (χ1n) is 6.30. The summed E-state index contributed by atoms with van der Waals surface area (Å²) >= 11 is 0. The van der Waals surface area contributed by atoms with Crippen LogP contribution in [0.15, 0.2) is 0 Å². The van der Waals surface area contributed by atoms with Crippen LogP contribution in [-0.4, -0.2) is 19.6 Å². The van der Waals surface area contributed by atoms with Crippen LogP contribution in [0.4, 0.5) is 0 Å². The maximum atomic E-state index is 11.7. The molecule has 0 amide bonds. The van der Waals surface area contributed by atoms with Crippen LogP contribution >= 0.6 is 0 Å². The Hall–Kier alpha value is -0.570. The molecule has 0 heterocycles. The number of rotatable bonds is 3. The van der Waals surface area contributed by atoms with Gasteiger partial charge in [-0.3, -0.25) is 4.79 Å². The summed E-state index contributed by atoms with van der Waals surface area (Å²) in [4.78, 5) is 11.7. The molecule has 3 rings (SSSR count). The van der Waals surface area contributed by atoms with E-state index in [1.54, 1.807) is 0 Å². The predicted molar refractivity (Wildman–Crippen MR) is 62.7 cm³/mol. The van der Waals surface area contributed by atoms with Crippen molar-refractivity contribution < 1.29 is 9.53 Å². The van der Waals surface area contributed by atoms with Crippen molar-refractivity contribution in [2.45, 2.75) is 33.1 Å². The molecule has 3 fully saturated rings. The summed E-state index contributed by atoms with van der Waals surface area (Å²) in [5, 5.41) is 0. The van der Waals surface area contributed by atoms with Gasteiger partial charge in [-0.1, -0.05) is 13.8 Å². The quantitative estimate of drug-likeness (QED) is 0.745. The standard InChI is InChI=1S/C13H23NO2/c1-13(2)8-4-5-9(11(13)6-8)10(7-14)12(15)16-3/h8-11H,4-7,14H2,1-3H3. The minimum atomic E-state index is -0.117. The van der Waals surface area contributed by atoms with Crippen molar-refractivity contribution in [3.05, 3.63) is 0 Å². The molecule has 0 aromatic heterocycles. The van der Waals surface area contributed by atoms with Gasteiger partial charge in [-0.15, -0.1) is 0 Å². The Labute approximate surface area is 97.7 Å². The summed E-state index contributed by atoms with van der Waals surface area (Å²) in [6, 6.07) is 0. The third-order valence-corrected chi connectivity index (χ3v) is 5.19. The van der Waals surface area contributed by atoms with E-state index in [0.29, 0.717) is 23.8 Å². The second kappa shape index (κ2) is 4.02. The first-order valence-corrected chi connectivity index (χ1v) is 6.30. The lowest BCUT2D eigenvalue weighted by atomic mass is 9.44. The van der Waals surface area contributed by atoms with Crippen LogP contribution in [-0.2, 0) is 9.53 Å². The number of methoxy groups -OCH3 is 1. The fraction of sp³-hybridized carbons (Fsp3) is 0.923. The molecule has 0 radical (unpaired) electrons. The van der Waals surface area contributed by atoms with Gasteiger partial charge in [0.25, 0.3) is 0 Å². The third-order valence-electron chi connectivity index (χ3n) is 5.19. The summed E-state index contributed by atoms with van der Waals surface area (Å²) in [7, 11) is 1.46. The Balaban J connectivity index is 2.11. The van der Waals surface area contributed by atoms with E-state index in [0.717, 1.165) is 12.3 Å². The summed E-state index contributed by atoms with van der Waals surface area (Å²) in [5.74, 6) is 1.77. The van der Waals surface area contributed by atoms with Crippen molar-refractivity contribution in [2.24, 2.45) is 34.8 Å². The number of carbonyl (C=O) groups excluding carboxylic acids is 1. The lowest BCUT2D eigenvalue weighted by molar-refractivity contribution is -0.160. The summed E-state index contributed by atoms with van der Waals surface area (Å²) in [6.07, 6.45) is 3.68. The predicted octanol–water partition coefficient (Wildman–Crippen LogP) is 1.81. The van der Waals surface area contributed by atoms with Gasteiger partial charge in [-0.2, -0.15) is 0 Å². The first-order chi connectivity index (χ1) is 7.52. The van der Waals surface area contributed by atoms with E-state index >= 15 is 0 Å². The Kier molecular flexibility index (Phi) is 2.99. The van der Waals surface area contributed by atoms with Crippen molar-refractivity contribution in [1.82, 2.24) is 0 Å². The molecule has 2 N–H and O–H groups in total. The minimum absolute atomic E-state index is 0.0875. The van der Waals surface area contributed by atoms with Gasteiger partial charge in [0.15, 0.2) is 0 Å². The molecule has 0 aliphatic heterocycles. The van der Waals surface area contributed by atoms with E-state index in [9.17, 15) is 4.79 Å². The SMILES string of the molecule is COC(=O)C(CN)C1CCC2CC1C2(C)C. The van der Waals surface area contributed by atoms with Crippen molar-refractivity contribution in [1.29, 1.82) is 0 Å². The van der Waals surface area contributed by atoms with Crippen molar-refractivity contribution >= 4 is 5.97 Å². The number of fused-ring (bicyclic) bond motifs is 2. The van der Waals surface area contributed by atoms with Gasteiger partial charge in [0.1, 0.15) is 0 Å². The van der Waals surface area contributed by atoms with Crippen LogP contribution in [0.3, 0.4) is 0 Å². The Morgan fingerprint density at radius 3 is 2.62 bits per heavy atom. The number of esters is 1. The van der Waals surface area contributed by atoms with E-state index in [2.05, 4.69) is 13.8 Å². The fourth-order valence-corrected chi connectivity index (χ4v) is 3.95. The van der Waals surface area contributed by atoms with Crippen molar-refractivity contribution in [3.63, 3.8) is 0 Å². The Morgan fingerprint density at radius 2 is 2.19 bits per heavy atom. The lowest BCUT2D eigenvalue weighted by Gasteiger charge is -2.61. The highest BCUT2D eigenvalue weighted by atomic mass is 16.5. The number of nitrogens with two attached hydrogens (primary N) is 1. The molecule has 0 saturated heterocycles. The second-order valence-corrected chi connectivity index (χ2v) is 5.97. The minimum Gasteiger partial charge on any atom is -0.469 e. The molecule has 16 heavy (non-hydrogen) atoms. The lowest BCUT2D eigenvalue weighted by Crippen LogP contribution is -2.55. The molecule has 3 nitrogen and oxygen atoms in total. The zero-order valence-corrected chi connectivity index (χ0v) is 10.5. The average Bonchev–Trinajstić information content (AvgIpc) is 2.29. The molecule has 3 aliphatic carbocycles. The van der Waals surface area contributed by atoms with Crippen LogP contribution in [0, 0.1) is 29.1 Å². The molecular formula is C13H23NO2. The van der Waals surface area contributed by atoms with Gasteiger partial charge in [-0.05, 0) is 42.4 Å². The summed E-state index contributed by atoms with van der Waals surface area (Å²) < 4.78 is 4.87. The van der Waals surface area contributed by atoms with Gasteiger partial charge in [0.05, 0.1) is 13.0 Å². The fourth-order valence-electron chi connectivity index (χ4n) is 3.95. The average molecular weight is 225 g/mol. The topological polar surface area (TPSA) is 52.3 Å². The molecule has 2 bridgehead atoms. The highest BCUT2D eigenvalue weighted by Crippen LogP contribution is 2.62. The third kappa shape index (κ3) is 1.56. The monoisotopic (exact) mass is 225 g/mol. The molecule has 0 aromatic rings. The van der Waals surface area contributed by atoms with Gasteiger partial charge in [0, 0.05) is 6.54 Å². The molecule has 3 heteroatoms. The molecule has 0 aromatic carbocycles. The maximum Gasteiger partial charge on any atom is 0.310 e. The van der Waals surface area contributed by atoms with E-state index in [1.165, 1.54) is 20.0 Å². The van der Waals surface area contributed by atoms with E-state index in [-0.39, 0.29) is 11.9 Å². The highest BCUT2D eigenvalue weighted by Gasteiger charge is 2.56. The molecular weight excluding hydrogens is 202 g/mol. The van der Waals surface area contributed by atoms with Crippen LogP contribution in [0.2, 0.25) is 0 Å². The van der Waals surface area contributed by atoms with Gasteiger partial charge in [0.2, 0.25) is 0 Å². The first kappa shape index (κ1) is 11.9. The van der Waals surface area contributed by atoms with Crippen molar-refractivity contribution in [2.75, 3.05) is 13.7 Å². The van der Waals surface area contributed by atoms with Gasteiger partial charge in [-0.25, -0.2) is 0 Å².